The van der Waals surface area contributed by atoms with Gasteiger partial charge in [0.2, 0.25) is 0 Å². The van der Waals surface area contributed by atoms with Crippen LogP contribution in [0.15, 0.2) is 12.1 Å². The van der Waals surface area contributed by atoms with Crippen molar-refractivity contribution in [1.29, 1.82) is 0 Å². The molecule has 1 atom stereocenters. The number of nitrogen functional groups attached to an aromatic ring is 1. The smallest absolute Gasteiger partial charge is 0.267 e. The van der Waals surface area contributed by atoms with E-state index in [4.69, 9.17) is 11.5 Å². The predicted molar refractivity (Wildman–Crippen MR) is 80.8 cm³/mol. The summed E-state index contributed by atoms with van der Waals surface area (Å²) in [6.07, 6.45) is 0. The molecular formula is C13H17N5OS. The summed E-state index contributed by atoms with van der Waals surface area (Å²) >= 11 is 1.62. The number of pyridine rings is 1. The van der Waals surface area contributed by atoms with Gasteiger partial charge >= 0.3 is 0 Å². The molecule has 5 N–H and O–H groups in total. The molecule has 0 aliphatic rings. The zero-order chi connectivity index (χ0) is 14.9. The molecule has 2 aromatic rings. The molecule has 0 fully saturated rings. The predicted octanol–water partition coefficient (Wildman–Crippen LogP) is 2.01. The molecule has 1 amide bonds. The number of nitrogens with two attached hydrogens (primary N) is 2. The number of aryl methyl sites for hydroxylation is 2. The molecule has 2 rings (SSSR count). The van der Waals surface area contributed by atoms with Crippen molar-refractivity contribution in [1.82, 2.24) is 9.97 Å². The first-order valence-electron chi connectivity index (χ1n) is 6.15. The molecule has 0 saturated heterocycles. The Balaban J connectivity index is 2.27. The lowest BCUT2D eigenvalue weighted by Gasteiger charge is -2.15. The van der Waals surface area contributed by atoms with E-state index in [9.17, 15) is 4.79 Å². The second-order valence-electron chi connectivity index (χ2n) is 4.55. The Morgan fingerprint density at radius 2 is 2.05 bits per heavy atom. The number of anilines is 2. The minimum atomic E-state index is -0.578. The highest BCUT2D eigenvalue weighted by Crippen LogP contribution is 2.28. The Kier molecular flexibility index (Phi) is 3.89. The van der Waals surface area contributed by atoms with Crippen LogP contribution in [0.25, 0.3) is 0 Å². The maximum Gasteiger partial charge on any atom is 0.267 e. The summed E-state index contributed by atoms with van der Waals surface area (Å²) in [6.45, 7) is 5.93. The highest BCUT2D eigenvalue weighted by atomic mass is 32.1. The third-order valence-corrected chi connectivity index (χ3v) is 4.12. The molecule has 0 radical (unpaired) electrons. The molecule has 0 saturated carbocycles. The number of hydrogen-bond donors (Lipinski definition) is 3. The number of amides is 1. The van der Waals surface area contributed by atoms with E-state index in [1.54, 1.807) is 17.4 Å². The van der Waals surface area contributed by atoms with Crippen LogP contribution >= 0.6 is 11.3 Å². The number of rotatable bonds is 4. The number of aromatic nitrogens is 2. The van der Waals surface area contributed by atoms with Crippen LogP contribution in [0.2, 0.25) is 0 Å². The fourth-order valence-electron chi connectivity index (χ4n) is 1.94. The van der Waals surface area contributed by atoms with Crippen LogP contribution in [0.5, 0.6) is 0 Å². The molecule has 0 aliphatic heterocycles. The fraction of sp³-hybridized carbons (Fsp3) is 0.308. The number of hydrogen-bond acceptors (Lipinski definition) is 6. The fourth-order valence-corrected chi connectivity index (χ4v) is 2.87. The van der Waals surface area contributed by atoms with Gasteiger partial charge in [-0.3, -0.25) is 4.79 Å². The Morgan fingerprint density at radius 3 is 2.60 bits per heavy atom. The summed E-state index contributed by atoms with van der Waals surface area (Å²) in [7, 11) is 0. The average Bonchev–Trinajstić information content (AvgIpc) is 2.71. The molecule has 7 heteroatoms. The molecule has 6 nitrogen and oxygen atoms in total. The van der Waals surface area contributed by atoms with Crippen molar-refractivity contribution in [3.05, 3.63) is 33.4 Å². The van der Waals surface area contributed by atoms with Crippen LogP contribution in [0.4, 0.5) is 11.5 Å². The number of thiazole rings is 1. The molecule has 2 heterocycles. The molecule has 2 aromatic heterocycles. The number of nitrogens with one attached hydrogen (secondary N) is 1. The maximum absolute atomic E-state index is 11.2. The lowest BCUT2D eigenvalue weighted by Crippen LogP contribution is -2.16. The Hall–Kier alpha value is -2.15. The second-order valence-corrected chi connectivity index (χ2v) is 5.78. The van der Waals surface area contributed by atoms with Gasteiger partial charge in [0.05, 0.1) is 22.4 Å². The lowest BCUT2D eigenvalue weighted by molar-refractivity contribution is 0.0995. The minimum Gasteiger partial charge on any atom is -0.396 e. The molecule has 20 heavy (non-hydrogen) atoms. The average molecular weight is 291 g/mol. The highest BCUT2D eigenvalue weighted by Gasteiger charge is 2.15. The third-order valence-electron chi connectivity index (χ3n) is 2.86. The third kappa shape index (κ3) is 2.88. The standard InChI is InChI=1S/C13H17N5OS/c1-6-11(20-8(3)16-6)7(2)17-13-9(14)4-5-10(18-13)12(15)19/h4-5,7H,14H2,1-3H3,(H2,15,19)(H,17,18). The van der Waals surface area contributed by atoms with Crippen molar-refractivity contribution in [3.8, 4) is 0 Å². The van der Waals surface area contributed by atoms with Crippen molar-refractivity contribution in [2.45, 2.75) is 26.8 Å². The molecule has 1 unspecified atom stereocenters. The summed E-state index contributed by atoms with van der Waals surface area (Å²) in [5, 5.41) is 4.21. The highest BCUT2D eigenvalue weighted by molar-refractivity contribution is 7.11. The summed E-state index contributed by atoms with van der Waals surface area (Å²) in [5.41, 5.74) is 12.7. The van der Waals surface area contributed by atoms with Crippen LogP contribution in [-0.2, 0) is 0 Å². The van der Waals surface area contributed by atoms with Gasteiger partial charge in [-0.2, -0.15) is 0 Å². The Morgan fingerprint density at radius 1 is 1.35 bits per heavy atom. The van der Waals surface area contributed by atoms with E-state index in [1.807, 2.05) is 20.8 Å². The van der Waals surface area contributed by atoms with Crippen LogP contribution in [0, 0.1) is 13.8 Å². The van der Waals surface area contributed by atoms with Gasteiger partial charge < -0.3 is 16.8 Å². The summed E-state index contributed by atoms with van der Waals surface area (Å²) in [4.78, 5) is 20.8. The molecule has 0 spiro atoms. The lowest BCUT2D eigenvalue weighted by atomic mass is 10.2. The van der Waals surface area contributed by atoms with Gasteiger partial charge in [-0.15, -0.1) is 11.3 Å². The minimum absolute atomic E-state index is 0.000809. The number of carbonyl (C=O) groups excluding carboxylic acids is 1. The Bertz CT molecular complexity index is 652. The van der Waals surface area contributed by atoms with Crippen molar-refractivity contribution in [2.24, 2.45) is 5.73 Å². The van der Waals surface area contributed by atoms with E-state index in [-0.39, 0.29) is 11.7 Å². The summed E-state index contributed by atoms with van der Waals surface area (Å²) < 4.78 is 0. The first-order chi connectivity index (χ1) is 9.38. The maximum atomic E-state index is 11.2. The van der Waals surface area contributed by atoms with Crippen molar-refractivity contribution >= 4 is 28.7 Å². The van der Waals surface area contributed by atoms with Gasteiger partial charge in [-0.25, -0.2) is 9.97 Å². The zero-order valence-electron chi connectivity index (χ0n) is 11.6. The largest absolute Gasteiger partial charge is 0.396 e. The molecular weight excluding hydrogens is 274 g/mol. The van der Waals surface area contributed by atoms with Crippen LogP contribution < -0.4 is 16.8 Å². The van der Waals surface area contributed by atoms with Crippen molar-refractivity contribution < 1.29 is 4.79 Å². The van der Waals surface area contributed by atoms with E-state index in [0.717, 1.165) is 15.6 Å². The van der Waals surface area contributed by atoms with Gasteiger partial charge in [-0.05, 0) is 32.9 Å². The summed E-state index contributed by atoms with van der Waals surface area (Å²) in [5.74, 6) is -0.121. The molecule has 0 aliphatic carbocycles. The van der Waals surface area contributed by atoms with E-state index >= 15 is 0 Å². The first kappa shape index (κ1) is 14.3. The van der Waals surface area contributed by atoms with E-state index < -0.39 is 5.91 Å². The molecule has 106 valence electrons. The number of primary amides is 1. The molecule has 0 bridgehead atoms. The topological polar surface area (TPSA) is 107 Å². The number of nitrogens with zero attached hydrogens (tertiary/aromatic N) is 2. The first-order valence-corrected chi connectivity index (χ1v) is 6.97. The number of carbonyl (C=O) groups is 1. The van der Waals surface area contributed by atoms with Gasteiger partial charge in [0.25, 0.3) is 5.91 Å². The van der Waals surface area contributed by atoms with Gasteiger partial charge in [-0.1, -0.05) is 0 Å². The van der Waals surface area contributed by atoms with Crippen LogP contribution in [0.1, 0.15) is 39.0 Å². The SMILES string of the molecule is Cc1nc(C)c(C(C)Nc2nc(C(N)=O)ccc2N)s1. The van der Waals surface area contributed by atoms with Crippen molar-refractivity contribution in [2.75, 3.05) is 11.1 Å². The van der Waals surface area contributed by atoms with E-state index in [0.29, 0.717) is 11.5 Å². The zero-order valence-corrected chi connectivity index (χ0v) is 12.4. The second kappa shape index (κ2) is 5.46. The van der Waals surface area contributed by atoms with Crippen LogP contribution in [-0.4, -0.2) is 15.9 Å². The van der Waals surface area contributed by atoms with Crippen molar-refractivity contribution in [3.63, 3.8) is 0 Å². The monoisotopic (exact) mass is 291 g/mol. The Labute approximate surface area is 121 Å². The van der Waals surface area contributed by atoms with Gasteiger partial charge in [0, 0.05) is 4.88 Å². The van der Waals surface area contributed by atoms with Gasteiger partial charge in [0.15, 0.2) is 5.82 Å². The molecule has 0 aromatic carbocycles. The summed E-state index contributed by atoms with van der Waals surface area (Å²) in [6, 6.07) is 3.13. The quantitative estimate of drug-likeness (QED) is 0.798. The van der Waals surface area contributed by atoms with Crippen LogP contribution in [0.3, 0.4) is 0 Å². The van der Waals surface area contributed by atoms with E-state index in [2.05, 4.69) is 15.3 Å². The van der Waals surface area contributed by atoms with Gasteiger partial charge in [0.1, 0.15) is 5.69 Å². The van der Waals surface area contributed by atoms with E-state index in [1.165, 1.54) is 6.07 Å². The normalized spacial score (nSPS) is 12.2.